The second-order valence-electron chi connectivity index (χ2n) is 4.99. The zero-order valence-corrected chi connectivity index (χ0v) is 15.1. The Hall–Kier alpha value is -2.25. The lowest BCUT2D eigenvalue weighted by Gasteiger charge is -2.11. The van der Waals surface area contributed by atoms with Crippen LogP contribution in [0.15, 0.2) is 40.4 Å². The zero-order valence-electron chi connectivity index (χ0n) is 13.6. The Labute approximate surface area is 148 Å². The number of nitrogens with two attached hydrogens (primary N) is 1. The molecule has 0 saturated heterocycles. The molecule has 0 fully saturated rings. The van der Waals surface area contributed by atoms with E-state index in [9.17, 15) is 4.21 Å². The molecule has 24 heavy (non-hydrogen) atoms. The molecule has 2 aromatic rings. The van der Waals surface area contributed by atoms with E-state index in [1.165, 1.54) is 12.4 Å². The van der Waals surface area contributed by atoms with Crippen molar-refractivity contribution < 1.29 is 4.21 Å². The van der Waals surface area contributed by atoms with Crippen molar-refractivity contribution in [1.82, 2.24) is 9.97 Å². The Morgan fingerprint density at radius 2 is 2.00 bits per heavy atom. The quantitative estimate of drug-likeness (QED) is 0.630. The lowest BCUT2D eigenvalue weighted by molar-refractivity contribution is 0.690. The fraction of sp³-hybridized carbons (Fsp3) is 0.188. The van der Waals surface area contributed by atoms with Gasteiger partial charge in [0.25, 0.3) is 0 Å². The summed E-state index contributed by atoms with van der Waals surface area (Å²) in [6.45, 7) is 3.99. The molecule has 0 saturated carbocycles. The van der Waals surface area contributed by atoms with Gasteiger partial charge in [0.1, 0.15) is 5.15 Å². The van der Waals surface area contributed by atoms with Crippen molar-refractivity contribution in [3.8, 4) is 11.3 Å². The Kier molecular flexibility index (Phi) is 6.05. The average molecular weight is 364 g/mol. The van der Waals surface area contributed by atoms with Gasteiger partial charge in [0, 0.05) is 31.1 Å². The number of aromatic nitrogens is 2. The number of nitrogens with zero attached hydrogens (tertiary/aromatic N) is 3. The number of halogens is 1. The van der Waals surface area contributed by atoms with E-state index < -0.39 is 11.0 Å². The molecule has 0 bridgehead atoms. The number of nitrogens with one attached hydrogen (secondary N) is 1. The molecule has 0 aliphatic carbocycles. The molecule has 2 rings (SSSR count). The average Bonchev–Trinajstić information content (AvgIpc) is 2.51. The van der Waals surface area contributed by atoms with Crippen molar-refractivity contribution in [3.63, 3.8) is 0 Å². The highest BCUT2D eigenvalue weighted by atomic mass is 35.5. The smallest absolute Gasteiger partial charge is 0.236 e. The molecule has 6 nitrogen and oxygen atoms in total. The number of aryl methyl sites for hydroxylation is 2. The number of anilines is 1. The van der Waals surface area contributed by atoms with E-state index in [0.717, 1.165) is 16.7 Å². The topological polar surface area (TPSA) is 93.3 Å². The van der Waals surface area contributed by atoms with Crippen molar-refractivity contribution in [1.29, 1.82) is 0 Å². The lowest BCUT2D eigenvalue weighted by atomic mass is 10.00. The molecule has 0 amide bonds. The van der Waals surface area contributed by atoms with Crippen LogP contribution in [-0.2, 0) is 11.0 Å². The molecule has 1 aromatic carbocycles. The molecule has 1 atom stereocenters. The van der Waals surface area contributed by atoms with Gasteiger partial charge in [-0.2, -0.15) is 0 Å². The molecule has 8 heteroatoms. The lowest BCUT2D eigenvalue weighted by Crippen LogP contribution is -2.12. The fourth-order valence-corrected chi connectivity index (χ4v) is 3.11. The van der Waals surface area contributed by atoms with Gasteiger partial charge in [-0.25, -0.2) is 14.2 Å². The summed E-state index contributed by atoms with van der Waals surface area (Å²) in [5.41, 5.74) is 9.22. The maximum atomic E-state index is 12.3. The Morgan fingerprint density at radius 1 is 1.33 bits per heavy atom. The molecular formula is C16H18ClN5OS. The first-order valence-electron chi connectivity index (χ1n) is 7.10. The summed E-state index contributed by atoms with van der Waals surface area (Å²) in [6.07, 6.45) is 2.62. The third-order valence-corrected chi connectivity index (χ3v) is 4.48. The van der Waals surface area contributed by atoms with Crippen molar-refractivity contribution in [2.24, 2.45) is 10.7 Å². The van der Waals surface area contributed by atoms with E-state index in [2.05, 4.69) is 19.7 Å². The van der Waals surface area contributed by atoms with E-state index in [0.29, 0.717) is 10.6 Å². The molecule has 1 heterocycles. The van der Waals surface area contributed by atoms with Crippen molar-refractivity contribution >= 4 is 34.7 Å². The normalized spacial score (nSPS) is 13.2. The van der Waals surface area contributed by atoms with Gasteiger partial charge in [0.15, 0.2) is 11.0 Å². The maximum absolute atomic E-state index is 12.3. The van der Waals surface area contributed by atoms with Crippen molar-refractivity contribution in [2.45, 2.75) is 13.8 Å². The van der Waals surface area contributed by atoms with Crippen molar-refractivity contribution in [2.75, 3.05) is 11.8 Å². The highest BCUT2D eigenvalue weighted by Gasteiger charge is 2.13. The minimum absolute atomic E-state index is 0.155. The van der Waals surface area contributed by atoms with E-state index in [-0.39, 0.29) is 11.1 Å². The van der Waals surface area contributed by atoms with Crippen molar-refractivity contribution in [3.05, 3.63) is 51.7 Å². The Bertz CT molecular complexity index is 815. The molecule has 0 radical (unpaired) electrons. The van der Waals surface area contributed by atoms with Crippen LogP contribution >= 0.6 is 11.6 Å². The van der Waals surface area contributed by atoms with E-state index in [1.807, 2.05) is 32.0 Å². The second-order valence-corrected chi connectivity index (χ2v) is 6.59. The third-order valence-electron chi connectivity index (χ3n) is 3.25. The number of allylic oxidation sites excluding steroid dienone is 1. The summed E-state index contributed by atoms with van der Waals surface area (Å²) in [4.78, 5) is 12.6. The summed E-state index contributed by atoms with van der Waals surface area (Å²) in [5.74, 6) is 0.155. The molecule has 126 valence electrons. The van der Waals surface area contributed by atoms with Crippen LogP contribution in [0.3, 0.4) is 0 Å². The Morgan fingerprint density at radius 3 is 2.58 bits per heavy atom. The van der Waals surface area contributed by atoms with Crippen LogP contribution < -0.4 is 10.5 Å². The molecule has 0 spiro atoms. The van der Waals surface area contributed by atoms with Gasteiger partial charge in [-0.3, -0.25) is 9.71 Å². The van der Waals surface area contributed by atoms with Gasteiger partial charge in [-0.1, -0.05) is 29.8 Å². The van der Waals surface area contributed by atoms with E-state index in [4.69, 9.17) is 17.3 Å². The standard InChI is InChI=1S/C16H18ClN5OS/c1-10-5-4-6-11(2)15(10)13-7-14(17)21-16(20-13)22-24(23)12(8-18)9-19-3/h4-9H,18H2,1-3H3,(H,20,21,22)/b12-8+,19-9?. The summed E-state index contributed by atoms with van der Waals surface area (Å²) >= 11 is 6.11. The number of benzene rings is 1. The van der Waals surface area contributed by atoms with E-state index >= 15 is 0 Å². The van der Waals surface area contributed by atoms with Crippen LogP contribution in [0.2, 0.25) is 5.15 Å². The maximum Gasteiger partial charge on any atom is 0.236 e. The van der Waals surface area contributed by atoms with Gasteiger partial charge >= 0.3 is 0 Å². The summed E-state index contributed by atoms with van der Waals surface area (Å²) < 4.78 is 15.0. The predicted octanol–water partition coefficient (Wildman–Crippen LogP) is 2.99. The minimum Gasteiger partial charge on any atom is -0.404 e. The van der Waals surface area contributed by atoms with Crippen LogP contribution in [0.5, 0.6) is 0 Å². The van der Waals surface area contributed by atoms with Crippen LogP contribution in [0.1, 0.15) is 11.1 Å². The Balaban J connectivity index is 2.41. The van der Waals surface area contributed by atoms with Crippen LogP contribution in [-0.4, -0.2) is 27.4 Å². The van der Waals surface area contributed by atoms with Gasteiger partial charge in [-0.05, 0) is 25.0 Å². The molecule has 0 aliphatic rings. The van der Waals surface area contributed by atoms with Gasteiger partial charge in [-0.15, -0.1) is 0 Å². The first kappa shape index (κ1) is 18.1. The molecule has 3 N–H and O–H groups in total. The number of aliphatic imine (C=N–C) groups is 1. The monoisotopic (exact) mass is 363 g/mol. The molecule has 1 aromatic heterocycles. The number of rotatable bonds is 5. The van der Waals surface area contributed by atoms with Gasteiger partial charge in [0.05, 0.1) is 10.6 Å². The van der Waals surface area contributed by atoms with E-state index in [1.54, 1.807) is 13.1 Å². The number of hydrogen-bond acceptors (Lipinski definition) is 5. The van der Waals surface area contributed by atoms with Crippen LogP contribution in [0.25, 0.3) is 11.3 Å². The SMILES string of the molecule is CN=C/C(=C\N)S(=O)Nc1nc(Cl)cc(-c2c(C)cccc2C)n1. The molecular weight excluding hydrogens is 346 g/mol. The third kappa shape index (κ3) is 4.18. The predicted molar refractivity (Wildman–Crippen MR) is 100 cm³/mol. The van der Waals surface area contributed by atoms with Crippen LogP contribution in [0, 0.1) is 13.8 Å². The first-order valence-corrected chi connectivity index (χ1v) is 8.62. The highest BCUT2D eigenvalue weighted by Crippen LogP contribution is 2.28. The fourth-order valence-electron chi connectivity index (χ4n) is 2.23. The second kappa shape index (κ2) is 8.03. The summed E-state index contributed by atoms with van der Waals surface area (Å²) in [7, 11) is -0.0740. The summed E-state index contributed by atoms with van der Waals surface area (Å²) in [6, 6.07) is 7.65. The van der Waals surface area contributed by atoms with Crippen LogP contribution in [0.4, 0.5) is 5.95 Å². The first-order chi connectivity index (χ1) is 11.5. The zero-order chi connectivity index (χ0) is 17.7. The highest BCUT2D eigenvalue weighted by molar-refractivity contribution is 7.91. The summed E-state index contributed by atoms with van der Waals surface area (Å²) in [5, 5.41) is 0.254. The minimum atomic E-state index is -1.64. The molecule has 1 unspecified atom stereocenters. The largest absolute Gasteiger partial charge is 0.404 e. The number of hydrogen-bond donors (Lipinski definition) is 2. The van der Waals surface area contributed by atoms with Gasteiger partial charge < -0.3 is 5.73 Å². The molecule has 0 aliphatic heterocycles. The van der Waals surface area contributed by atoms with Gasteiger partial charge in [0.2, 0.25) is 5.95 Å².